The molecule has 0 spiro atoms. The highest BCUT2D eigenvalue weighted by Crippen LogP contribution is 2.53. The van der Waals surface area contributed by atoms with E-state index in [1.807, 2.05) is 6.92 Å². The Kier molecular flexibility index (Phi) is 7.47. The summed E-state index contributed by atoms with van der Waals surface area (Å²) in [5, 5.41) is 9.65. The molecule has 1 atom stereocenters. The summed E-state index contributed by atoms with van der Waals surface area (Å²) >= 11 is 0. The number of hydrogen-bond donors (Lipinski definition) is 1. The molecule has 0 aliphatic heterocycles. The van der Waals surface area contributed by atoms with Crippen LogP contribution in [0.2, 0.25) is 0 Å². The Morgan fingerprint density at radius 2 is 1.71 bits per heavy atom. The molecule has 5 heteroatoms. The molecule has 86 valence electrons. The van der Waals surface area contributed by atoms with E-state index in [2.05, 4.69) is 0 Å². The van der Waals surface area contributed by atoms with Crippen LogP contribution in [-0.4, -0.2) is 24.2 Å². The van der Waals surface area contributed by atoms with E-state index in [1.54, 1.807) is 13.8 Å². The van der Waals surface area contributed by atoms with Gasteiger partial charge in [-0.1, -0.05) is 19.8 Å². The van der Waals surface area contributed by atoms with Crippen molar-refractivity contribution >= 4 is 7.60 Å². The van der Waals surface area contributed by atoms with Crippen molar-refractivity contribution in [1.29, 1.82) is 0 Å². The average molecular weight is 224 g/mol. The third-order valence-electron chi connectivity index (χ3n) is 1.80. The van der Waals surface area contributed by atoms with Gasteiger partial charge in [0.15, 0.2) is 5.85 Å². The Balaban J connectivity index is 4.23. The zero-order chi connectivity index (χ0) is 11.0. The molecule has 0 aliphatic rings. The van der Waals surface area contributed by atoms with Gasteiger partial charge in [-0.2, -0.15) is 0 Å². The maximum Gasteiger partial charge on any atom is 0.358 e. The van der Waals surface area contributed by atoms with Gasteiger partial charge in [0.25, 0.3) is 0 Å². The van der Waals surface area contributed by atoms with Gasteiger partial charge in [-0.3, -0.25) is 4.57 Å². The van der Waals surface area contributed by atoms with E-state index in [0.717, 1.165) is 12.8 Å². The molecule has 14 heavy (non-hydrogen) atoms. The number of unbranched alkanes of at least 4 members (excludes halogenated alkanes) is 1. The van der Waals surface area contributed by atoms with Crippen LogP contribution in [0, 0.1) is 0 Å². The lowest BCUT2D eigenvalue weighted by atomic mass is 10.3. The predicted octanol–water partition coefficient (Wildman–Crippen LogP) is 2.76. The first kappa shape index (κ1) is 14.1. The van der Waals surface area contributed by atoms with Gasteiger partial charge in [0.2, 0.25) is 0 Å². The maximum atomic E-state index is 11.9. The standard InChI is InChI=1S/C9H21O4P/c1-4-7-8-9(10)14(11,12-5-2)13-6-3/h9-10H,4-8H2,1-3H3. The lowest BCUT2D eigenvalue weighted by Crippen LogP contribution is -2.12. The van der Waals surface area contributed by atoms with Crippen LogP contribution in [0.1, 0.15) is 40.0 Å². The van der Waals surface area contributed by atoms with Crippen molar-refractivity contribution < 1.29 is 18.7 Å². The van der Waals surface area contributed by atoms with Gasteiger partial charge in [0, 0.05) is 0 Å². The fourth-order valence-corrected chi connectivity index (χ4v) is 2.75. The van der Waals surface area contributed by atoms with Gasteiger partial charge in [-0.05, 0) is 20.3 Å². The number of aliphatic hydroxyl groups excluding tert-OH is 1. The van der Waals surface area contributed by atoms with Crippen LogP contribution in [0.3, 0.4) is 0 Å². The van der Waals surface area contributed by atoms with Gasteiger partial charge in [-0.15, -0.1) is 0 Å². The Morgan fingerprint density at radius 3 is 2.07 bits per heavy atom. The molecule has 0 amide bonds. The summed E-state index contributed by atoms with van der Waals surface area (Å²) in [6.07, 6.45) is 2.24. The van der Waals surface area contributed by atoms with Crippen molar-refractivity contribution in [2.75, 3.05) is 13.2 Å². The summed E-state index contributed by atoms with van der Waals surface area (Å²) in [5.74, 6) is -0.984. The fraction of sp³-hybridized carbons (Fsp3) is 1.00. The Bertz CT molecular complexity index is 174. The van der Waals surface area contributed by atoms with E-state index >= 15 is 0 Å². The first-order chi connectivity index (χ1) is 6.60. The largest absolute Gasteiger partial charge is 0.380 e. The summed E-state index contributed by atoms with van der Waals surface area (Å²) < 4.78 is 21.9. The molecule has 0 rings (SSSR count). The highest BCUT2D eigenvalue weighted by Gasteiger charge is 2.33. The van der Waals surface area contributed by atoms with Crippen LogP contribution in [0.4, 0.5) is 0 Å². The molecule has 0 heterocycles. The second-order valence-corrected chi connectivity index (χ2v) is 5.19. The van der Waals surface area contributed by atoms with Crippen molar-refractivity contribution in [1.82, 2.24) is 0 Å². The molecule has 0 saturated carbocycles. The maximum absolute atomic E-state index is 11.9. The molecule has 0 aromatic carbocycles. The van der Waals surface area contributed by atoms with E-state index in [9.17, 15) is 9.67 Å². The van der Waals surface area contributed by atoms with Gasteiger partial charge < -0.3 is 14.2 Å². The summed E-state index contributed by atoms with van der Waals surface area (Å²) in [7, 11) is -3.28. The van der Waals surface area contributed by atoms with Crippen LogP contribution in [-0.2, 0) is 13.6 Å². The van der Waals surface area contributed by atoms with E-state index in [1.165, 1.54) is 0 Å². The normalized spacial score (nSPS) is 14.3. The summed E-state index contributed by atoms with van der Waals surface area (Å²) in [6.45, 7) is 6.07. The molecule has 0 radical (unpaired) electrons. The molecule has 0 aromatic heterocycles. The average Bonchev–Trinajstić information content (AvgIpc) is 2.15. The van der Waals surface area contributed by atoms with Gasteiger partial charge in [0.1, 0.15) is 0 Å². The monoisotopic (exact) mass is 224 g/mol. The second-order valence-electron chi connectivity index (χ2n) is 3.00. The van der Waals surface area contributed by atoms with Crippen LogP contribution in [0.25, 0.3) is 0 Å². The highest BCUT2D eigenvalue weighted by molar-refractivity contribution is 7.54. The SMILES string of the molecule is CCCCC(O)P(=O)(OCC)OCC. The van der Waals surface area contributed by atoms with Gasteiger partial charge in [0.05, 0.1) is 13.2 Å². The van der Waals surface area contributed by atoms with Crippen molar-refractivity contribution in [3.63, 3.8) is 0 Å². The second kappa shape index (κ2) is 7.41. The lowest BCUT2D eigenvalue weighted by molar-refractivity contribution is 0.143. The van der Waals surface area contributed by atoms with Crippen LogP contribution >= 0.6 is 7.60 Å². The van der Waals surface area contributed by atoms with E-state index in [0.29, 0.717) is 19.6 Å². The Labute approximate surface area is 86.1 Å². The van der Waals surface area contributed by atoms with Crippen molar-refractivity contribution in [2.24, 2.45) is 0 Å². The van der Waals surface area contributed by atoms with Crippen LogP contribution in [0.15, 0.2) is 0 Å². The molecular formula is C9H21O4P. The van der Waals surface area contributed by atoms with E-state index in [-0.39, 0.29) is 0 Å². The molecular weight excluding hydrogens is 203 g/mol. The Hall–Kier alpha value is 0.110. The van der Waals surface area contributed by atoms with Crippen molar-refractivity contribution in [2.45, 2.75) is 45.9 Å². The molecule has 1 N–H and O–H groups in total. The summed E-state index contributed by atoms with van der Waals surface area (Å²) in [4.78, 5) is 0. The molecule has 1 unspecified atom stereocenters. The molecule has 0 aromatic rings. The van der Waals surface area contributed by atoms with Crippen LogP contribution in [0.5, 0.6) is 0 Å². The Morgan fingerprint density at radius 1 is 1.21 bits per heavy atom. The molecule has 0 aliphatic carbocycles. The fourth-order valence-electron chi connectivity index (χ4n) is 1.11. The smallest absolute Gasteiger partial charge is 0.358 e. The summed E-state index contributed by atoms with van der Waals surface area (Å²) in [6, 6.07) is 0. The summed E-state index contributed by atoms with van der Waals surface area (Å²) in [5.41, 5.74) is 0. The topological polar surface area (TPSA) is 55.8 Å². The molecule has 0 bridgehead atoms. The third-order valence-corrected chi connectivity index (χ3v) is 4.02. The van der Waals surface area contributed by atoms with Gasteiger partial charge in [-0.25, -0.2) is 0 Å². The van der Waals surface area contributed by atoms with Gasteiger partial charge >= 0.3 is 7.60 Å². The van der Waals surface area contributed by atoms with E-state index in [4.69, 9.17) is 9.05 Å². The highest BCUT2D eigenvalue weighted by atomic mass is 31.2. The zero-order valence-corrected chi connectivity index (χ0v) is 10.1. The predicted molar refractivity (Wildman–Crippen MR) is 56.4 cm³/mol. The zero-order valence-electron chi connectivity index (χ0n) is 9.23. The molecule has 0 fully saturated rings. The minimum atomic E-state index is -3.28. The minimum absolute atomic E-state index is 0.292. The first-order valence-electron chi connectivity index (χ1n) is 5.17. The van der Waals surface area contributed by atoms with Crippen LogP contribution < -0.4 is 0 Å². The molecule has 0 saturated heterocycles. The molecule has 4 nitrogen and oxygen atoms in total. The number of aliphatic hydroxyl groups is 1. The van der Waals surface area contributed by atoms with Crippen molar-refractivity contribution in [3.8, 4) is 0 Å². The lowest BCUT2D eigenvalue weighted by Gasteiger charge is -2.21. The number of rotatable bonds is 8. The van der Waals surface area contributed by atoms with E-state index < -0.39 is 13.4 Å². The quantitative estimate of drug-likeness (QED) is 0.644. The minimum Gasteiger partial charge on any atom is -0.380 e. The third kappa shape index (κ3) is 4.56. The van der Waals surface area contributed by atoms with Crippen molar-refractivity contribution in [3.05, 3.63) is 0 Å². The first-order valence-corrected chi connectivity index (χ1v) is 6.78. The number of hydrogen-bond acceptors (Lipinski definition) is 4.